The second kappa shape index (κ2) is 8.66. The molecule has 1 atom stereocenters. The van der Waals surface area contributed by atoms with Crippen molar-refractivity contribution in [2.24, 2.45) is 12.8 Å². The van der Waals surface area contributed by atoms with Crippen LogP contribution in [0.4, 0.5) is 5.82 Å². The first-order chi connectivity index (χ1) is 16.8. The van der Waals surface area contributed by atoms with E-state index in [1.54, 1.807) is 10.8 Å². The third kappa shape index (κ3) is 3.68. The maximum atomic E-state index is 13.7. The zero-order valence-corrected chi connectivity index (χ0v) is 19.6. The molecule has 4 aromatic rings. The summed E-state index contributed by atoms with van der Waals surface area (Å²) in [6, 6.07) is 7.35. The van der Waals surface area contributed by atoms with Crippen molar-refractivity contribution in [1.82, 2.24) is 23.7 Å². The third-order valence-corrected chi connectivity index (χ3v) is 6.64. The summed E-state index contributed by atoms with van der Waals surface area (Å²) in [5.41, 5.74) is 5.90. The summed E-state index contributed by atoms with van der Waals surface area (Å²) in [6.45, 7) is 3.17. The number of piperidine rings is 1. The van der Waals surface area contributed by atoms with Crippen molar-refractivity contribution in [2.75, 3.05) is 18.0 Å². The van der Waals surface area contributed by atoms with Gasteiger partial charge in [-0.1, -0.05) is 18.2 Å². The lowest BCUT2D eigenvalue weighted by Crippen LogP contribution is -2.44. The molecule has 11 heteroatoms. The Morgan fingerprint density at radius 1 is 1.20 bits per heavy atom. The maximum Gasteiger partial charge on any atom is 0.341 e. The van der Waals surface area contributed by atoms with Gasteiger partial charge >= 0.3 is 11.7 Å². The van der Waals surface area contributed by atoms with E-state index in [1.807, 2.05) is 36.1 Å². The Hall–Kier alpha value is -3.99. The smallest absolute Gasteiger partial charge is 0.341 e. The predicted octanol–water partition coefficient (Wildman–Crippen LogP) is 1.14. The van der Waals surface area contributed by atoms with E-state index in [2.05, 4.69) is 9.97 Å². The molecular weight excluding hydrogens is 450 g/mol. The number of aryl methyl sites for hydroxylation is 2. The van der Waals surface area contributed by atoms with Crippen molar-refractivity contribution < 1.29 is 9.90 Å². The Balaban J connectivity index is 1.75. The Bertz CT molecular complexity index is 1580. The van der Waals surface area contributed by atoms with Crippen LogP contribution in [0.25, 0.3) is 21.9 Å². The number of carboxylic acids is 1. The molecule has 1 aliphatic heterocycles. The van der Waals surface area contributed by atoms with Crippen molar-refractivity contribution in [2.45, 2.75) is 38.9 Å². The highest BCUT2D eigenvalue weighted by molar-refractivity contribution is 6.07. The van der Waals surface area contributed by atoms with Crippen LogP contribution < -0.4 is 21.9 Å². The van der Waals surface area contributed by atoms with Crippen molar-refractivity contribution >= 4 is 33.7 Å². The number of carboxylic acid groups (broad SMARTS) is 1. The van der Waals surface area contributed by atoms with Gasteiger partial charge in [-0.15, -0.1) is 0 Å². The van der Waals surface area contributed by atoms with Crippen molar-refractivity contribution in [3.8, 4) is 0 Å². The summed E-state index contributed by atoms with van der Waals surface area (Å²) in [5, 5.41) is 11.0. The average Bonchev–Trinajstić information content (AvgIpc) is 3.21. The van der Waals surface area contributed by atoms with Crippen LogP contribution in [0.15, 0.2) is 40.1 Å². The van der Waals surface area contributed by atoms with E-state index < -0.39 is 17.2 Å². The van der Waals surface area contributed by atoms with Gasteiger partial charge in [-0.3, -0.25) is 13.9 Å². The number of aromatic nitrogens is 5. The molecule has 182 valence electrons. The average molecular weight is 478 g/mol. The van der Waals surface area contributed by atoms with Gasteiger partial charge in [0.25, 0.3) is 5.56 Å². The number of nitrogens with two attached hydrogens (primary N) is 1. The molecule has 1 saturated heterocycles. The van der Waals surface area contributed by atoms with Crippen LogP contribution in [0.3, 0.4) is 0 Å². The molecule has 0 spiro atoms. The first-order valence-corrected chi connectivity index (χ1v) is 11.6. The quantitative estimate of drug-likeness (QED) is 0.436. The van der Waals surface area contributed by atoms with Gasteiger partial charge in [-0.2, -0.15) is 0 Å². The molecule has 3 N–H and O–H groups in total. The molecule has 0 amide bonds. The van der Waals surface area contributed by atoms with Gasteiger partial charge in [0.05, 0.1) is 17.6 Å². The molecule has 0 aliphatic carbocycles. The monoisotopic (exact) mass is 477 g/mol. The molecule has 5 rings (SSSR count). The molecule has 11 nitrogen and oxygen atoms in total. The van der Waals surface area contributed by atoms with E-state index in [4.69, 9.17) is 5.73 Å². The minimum absolute atomic E-state index is 0.0539. The molecule has 35 heavy (non-hydrogen) atoms. The lowest BCUT2D eigenvalue weighted by molar-refractivity contribution is 0.0699. The highest BCUT2D eigenvalue weighted by Gasteiger charge is 2.32. The van der Waals surface area contributed by atoms with Crippen LogP contribution in [0.5, 0.6) is 0 Å². The van der Waals surface area contributed by atoms with Gasteiger partial charge in [0.1, 0.15) is 22.7 Å². The van der Waals surface area contributed by atoms with E-state index in [0.717, 1.165) is 22.8 Å². The summed E-state index contributed by atoms with van der Waals surface area (Å²) in [6.07, 6.45) is 3.32. The van der Waals surface area contributed by atoms with Gasteiger partial charge in [-0.25, -0.2) is 19.6 Å². The zero-order valence-electron chi connectivity index (χ0n) is 19.6. The third-order valence-electron chi connectivity index (χ3n) is 6.64. The second-order valence-electron chi connectivity index (χ2n) is 8.87. The molecule has 1 aromatic carbocycles. The fraction of sp³-hybridized carbons (Fsp3) is 0.375. The highest BCUT2D eigenvalue weighted by atomic mass is 16.4. The maximum absolute atomic E-state index is 13.7. The van der Waals surface area contributed by atoms with Crippen LogP contribution in [-0.2, 0) is 20.1 Å². The predicted molar refractivity (Wildman–Crippen MR) is 132 cm³/mol. The first kappa shape index (κ1) is 22.8. The molecule has 0 bridgehead atoms. The summed E-state index contributed by atoms with van der Waals surface area (Å²) in [4.78, 5) is 50.2. The fourth-order valence-electron chi connectivity index (χ4n) is 5.03. The lowest BCUT2D eigenvalue weighted by Gasteiger charge is -2.33. The molecule has 4 heterocycles. The largest absolute Gasteiger partial charge is 0.477 e. The molecule has 0 saturated carbocycles. The Kier molecular flexibility index (Phi) is 5.64. The molecule has 3 aromatic heterocycles. The normalized spacial score (nSPS) is 16.3. The van der Waals surface area contributed by atoms with Crippen molar-refractivity contribution in [1.29, 1.82) is 0 Å². The minimum atomic E-state index is -1.19. The number of hydrogen-bond donors (Lipinski definition) is 2. The van der Waals surface area contributed by atoms with E-state index in [1.165, 1.54) is 11.6 Å². The van der Waals surface area contributed by atoms with Gasteiger partial charge < -0.3 is 20.3 Å². The zero-order chi connectivity index (χ0) is 24.9. The number of aromatic carboxylic acids is 1. The fourth-order valence-corrected chi connectivity index (χ4v) is 5.03. The number of benzene rings is 1. The van der Waals surface area contributed by atoms with Crippen LogP contribution in [0.2, 0.25) is 0 Å². The molecule has 1 fully saturated rings. The van der Waals surface area contributed by atoms with E-state index >= 15 is 0 Å². The first-order valence-electron chi connectivity index (χ1n) is 11.6. The Morgan fingerprint density at radius 3 is 2.69 bits per heavy atom. The Morgan fingerprint density at radius 2 is 1.97 bits per heavy atom. The molecule has 0 radical (unpaired) electrons. The van der Waals surface area contributed by atoms with Crippen molar-refractivity contribution in [3.05, 3.63) is 62.7 Å². The van der Waals surface area contributed by atoms with Gasteiger partial charge in [0, 0.05) is 44.3 Å². The van der Waals surface area contributed by atoms with Crippen molar-refractivity contribution in [3.63, 3.8) is 0 Å². The number of carbonyl (C=O) groups is 1. The summed E-state index contributed by atoms with van der Waals surface area (Å²) >= 11 is 0. The van der Waals surface area contributed by atoms with Crippen LogP contribution in [0.1, 0.15) is 35.9 Å². The molecular formula is C24H27N7O4. The molecule has 0 unspecified atom stereocenters. The van der Waals surface area contributed by atoms with E-state index in [-0.39, 0.29) is 29.2 Å². The number of anilines is 1. The van der Waals surface area contributed by atoms with E-state index in [9.17, 15) is 19.5 Å². The highest BCUT2D eigenvalue weighted by Crippen LogP contribution is 2.32. The number of para-hydroxylation sites is 1. The van der Waals surface area contributed by atoms with Gasteiger partial charge in [0.2, 0.25) is 0 Å². The summed E-state index contributed by atoms with van der Waals surface area (Å²) < 4.78 is 3.99. The molecule has 1 aliphatic rings. The second-order valence-corrected chi connectivity index (χ2v) is 8.87. The topological polar surface area (TPSA) is 141 Å². The Labute approximate surface area is 200 Å². The van der Waals surface area contributed by atoms with E-state index in [0.29, 0.717) is 36.8 Å². The lowest BCUT2D eigenvalue weighted by atomic mass is 10.1. The van der Waals surface area contributed by atoms with Crippen LogP contribution >= 0.6 is 0 Å². The number of fused-ring (bicyclic) bond motifs is 2. The van der Waals surface area contributed by atoms with Gasteiger partial charge in [0.15, 0.2) is 0 Å². The minimum Gasteiger partial charge on any atom is -0.477 e. The van der Waals surface area contributed by atoms with Crippen LogP contribution in [0, 0.1) is 0 Å². The number of rotatable bonds is 5. The van der Waals surface area contributed by atoms with Crippen LogP contribution in [-0.4, -0.2) is 53.9 Å². The van der Waals surface area contributed by atoms with Gasteiger partial charge in [-0.05, 0) is 25.8 Å². The summed E-state index contributed by atoms with van der Waals surface area (Å²) in [5.74, 6) is -0.462. The number of nitrogens with zero attached hydrogens (tertiary/aromatic N) is 6. The summed E-state index contributed by atoms with van der Waals surface area (Å²) in [7, 11) is 1.49. The standard InChI is InChI=1S/C24H27N7O4/c1-3-30-20-19(18(23(33)34)21(30)29-10-6-8-15(25)12-29)28(2)24(35)31(22(20)32)13-17-26-11-14-7-4-5-9-16(14)27-17/h4-5,7,9,11,15H,3,6,8,10,12-13,25H2,1-2H3,(H,33,34)/t15-/m1/s1. The SMILES string of the molecule is CCn1c(N2CCC[C@@H](N)C2)c(C(=O)O)c2c1c(=O)n(Cc1ncc3ccccc3n1)c(=O)n2C. The number of hydrogen-bond acceptors (Lipinski definition) is 7.